The highest BCUT2D eigenvalue weighted by molar-refractivity contribution is 5.89. The van der Waals surface area contributed by atoms with E-state index in [2.05, 4.69) is 32.7 Å². The quantitative estimate of drug-likeness (QED) is 0.592. The summed E-state index contributed by atoms with van der Waals surface area (Å²) in [7, 11) is 1.66. The maximum atomic E-state index is 11.9. The molecule has 10 nitrogen and oxygen atoms in total. The van der Waals surface area contributed by atoms with Gasteiger partial charge in [-0.25, -0.2) is 14.8 Å². The second kappa shape index (κ2) is 10.8. The molecule has 2 aliphatic rings. The van der Waals surface area contributed by atoms with E-state index in [1.54, 1.807) is 7.05 Å². The molecule has 182 valence electrons. The highest BCUT2D eigenvalue weighted by atomic mass is 16.5. The smallest absolute Gasteiger partial charge is 0.319 e. The van der Waals surface area contributed by atoms with Crippen LogP contribution in [0.2, 0.25) is 0 Å². The number of hydrogen-bond donors (Lipinski definition) is 3. The van der Waals surface area contributed by atoms with E-state index in [1.165, 1.54) is 0 Å². The molecule has 10 heteroatoms. The second-order valence-corrected chi connectivity index (χ2v) is 8.61. The van der Waals surface area contributed by atoms with Gasteiger partial charge in [0, 0.05) is 50.0 Å². The summed E-state index contributed by atoms with van der Waals surface area (Å²) in [6.07, 6.45) is 0.793. The molecule has 1 aromatic carbocycles. The number of rotatable bonds is 6. The van der Waals surface area contributed by atoms with Crippen LogP contribution in [0.3, 0.4) is 0 Å². The van der Waals surface area contributed by atoms with Crippen molar-refractivity contribution in [2.45, 2.75) is 32.9 Å². The lowest BCUT2D eigenvalue weighted by Crippen LogP contribution is -2.46. The van der Waals surface area contributed by atoms with Crippen LogP contribution in [0, 0.1) is 0 Å². The molecule has 1 fully saturated rings. The van der Waals surface area contributed by atoms with Crippen molar-refractivity contribution in [2.75, 3.05) is 56.7 Å². The number of likely N-dealkylation sites (N-methyl/N-ethyl adjacent to an activating group) is 1. The van der Waals surface area contributed by atoms with Gasteiger partial charge < -0.3 is 25.6 Å². The fourth-order valence-corrected chi connectivity index (χ4v) is 4.33. The third-order valence-corrected chi connectivity index (χ3v) is 6.15. The number of ether oxygens (including phenoxy) is 1. The standard InChI is InChI=1S/C24H33N7O3/c1-4-26-24(33)27-18-7-5-17(6-8-18)22-28-20-13-30(14-21(32)25-3)10-9-19(20)23(29-22)31-11-12-34-15-16(31)2/h5-8,16H,4,9-15H2,1-3H3,(H,25,32)(H2,26,27,33). The fraction of sp³-hybridized carbons (Fsp3) is 0.500. The lowest BCUT2D eigenvalue weighted by Gasteiger charge is -2.37. The molecule has 34 heavy (non-hydrogen) atoms. The maximum absolute atomic E-state index is 11.9. The molecule has 0 spiro atoms. The van der Waals surface area contributed by atoms with Gasteiger partial charge in [0.05, 0.1) is 31.5 Å². The number of carbonyl (C=O) groups is 2. The van der Waals surface area contributed by atoms with Gasteiger partial charge in [-0.05, 0) is 44.5 Å². The average molecular weight is 468 g/mol. The Balaban J connectivity index is 1.66. The van der Waals surface area contributed by atoms with Crippen molar-refractivity contribution in [3.8, 4) is 11.4 Å². The number of urea groups is 1. The Kier molecular flexibility index (Phi) is 7.59. The van der Waals surface area contributed by atoms with Crippen LogP contribution < -0.4 is 20.9 Å². The number of nitrogens with zero attached hydrogens (tertiary/aromatic N) is 4. The van der Waals surface area contributed by atoms with Crippen LogP contribution in [0.1, 0.15) is 25.1 Å². The number of fused-ring (bicyclic) bond motifs is 1. The SMILES string of the molecule is CCNC(=O)Nc1ccc(-c2nc3c(c(N4CCOCC4C)n2)CCN(CC(=O)NC)C3)cc1. The molecule has 3 heterocycles. The Hall–Kier alpha value is -3.24. The van der Waals surface area contributed by atoms with E-state index >= 15 is 0 Å². The fourth-order valence-electron chi connectivity index (χ4n) is 4.33. The minimum absolute atomic E-state index is 0.00467. The van der Waals surface area contributed by atoms with Gasteiger partial charge in [0.1, 0.15) is 5.82 Å². The predicted octanol–water partition coefficient (Wildman–Crippen LogP) is 1.61. The Morgan fingerprint density at radius 2 is 1.97 bits per heavy atom. The van der Waals surface area contributed by atoms with Crippen molar-refractivity contribution in [3.05, 3.63) is 35.5 Å². The number of amides is 3. The first-order valence-electron chi connectivity index (χ1n) is 11.8. The van der Waals surface area contributed by atoms with E-state index in [0.717, 1.165) is 42.1 Å². The van der Waals surface area contributed by atoms with Crippen molar-refractivity contribution < 1.29 is 14.3 Å². The molecule has 3 amide bonds. The molecule has 1 unspecified atom stereocenters. The molecule has 0 bridgehead atoms. The molecule has 3 N–H and O–H groups in total. The third kappa shape index (κ3) is 5.45. The molecular weight excluding hydrogens is 434 g/mol. The van der Waals surface area contributed by atoms with E-state index in [-0.39, 0.29) is 18.0 Å². The van der Waals surface area contributed by atoms with Crippen molar-refractivity contribution in [2.24, 2.45) is 0 Å². The van der Waals surface area contributed by atoms with Crippen LogP contribution in [-0.4, -0.2) is 79.3 Å². The number of hydrogen-bond acceptors (Lipinski definition) is 7. The summed E-state index contributed by atoms with van der Waals surface area (Å²) in [5.41, 5.74) is 3.68. The number of carbonyl (C=O) groups excluding carboxylic acids is 2. The monoisotopic (exact) mass is 467 g/mol. The van der Waals surface area contributed by atoms with Crippen LogP contribution in [-0.2, 0) is 22.5 Å². The Morgan fingerprint density at radius 3 is 2.68 bits per heavy atom. The average Bonchev–Trinajstić information content (AvgIpc) is 2.84. The molecule has 1 atom stereocenters. The first-order valence-corrected chi connectivity index (χ1v) is 11.8. The van der Waals surface area contributed by atoms with Crippen molar-refractivity contribution in [1.82, 2.24) is 25.5 Å². The number of anilines is 2. The van der Waals surface area contributed by atoms with Gasteiger partial charge in [-0.15, -0.1) is 0 Å². The van der Waals surface area contributed by atoms with Crippen molar-refractivity contribution >= 4 is 23.4 Å². The Labute approximate surface area is 200 Å². The largest absolute Gasteiger partial charge is 0.377 e. The molecular formula is C24H33N7O3. The molecule has 2 aromatic rings. The molecule has 0 aliphatic carbocycles. The van der Waals surface area contributed by atoms with Gasteiger partial charge in [-0.1, -0.05) is 0 Å². The lowest BCUT2D eigenvalue weighted by atomic mass is 10.0. The van der Waals surface area contributed by atoms with Crippen LogP contribution in [0.15, 0.2) is 24.3 Å². The Bertz CT molecular complexity index is 1030. The molecule has 1 saturated heterocycles. The first kappa shape index (κ1) is 23.9. The number of morpholine rings is 1. The summed E-state index contributed by atoms with van der Waals surface area (Å²) in [6, 6.07) is 7.51. The minimum Gasteiger partial charge on any atom is -0.377 e. The zero-order chi connectivity index (χ0) is 24.1. The van der Waals surface area contributed by atoms with Crippen LogP contribution >= 0.6 is 0 Å². The molecule has 0 saturated carbocycles. The Morgan fingerprint density at radius 1 is 1.18 bits per heavy atom. The van der Waals surface area contributed by atoms with E-state index in [0.29, 0.717) is 44.4 Å². The van der Waals surface area contributed by atoms with Gasteiger partial charge in [0.25, 0.3) is 0 Å². The van der Waals surface area contributed by atoms with Crippen LogP contribution in [0.5, 0.6) is 0 Å². The van der Waals surface area contributed by atoms with Crippen LogP contribution in [0.25, 0.3) is 11.4 Å². The summed E-state index contributed by atoms with van der Waals surface area (Å²) >= 11 is 0. The molecule has 4 rings (SSSR count). The normalized spacial score (nSPS) is 18.2. The number of aromatic nitrogens is 2. The van der Waals surface area contributed by atoms with Gasteiger partial charge in [0.2, 0.25) is 5.91 Å². The summed E-state index contributed by atoms with van der Waals surface area (Å²) in [6.45, 7) is 8.43. The van der Waals surface area contributed by atoms with E-state index < -0.39 is 0 Å². The van der Waals surface area contributed by atoms with E-state index in [4.69, 9.17) is 14.7 Å². The van der Waals surface area contributed by atoms with Crippen molar-refractivity contribution in [1.29, 1.82) is 0 Å². The van der Waals surface area contributed by atoms with Crippen molar-refractivity contribution in [3.63, 3.8) is 0 Å². The molecule has 1 aromatic heterocycles. The molecule has 0 radical (unpaired) electrons. The van der Waals surface area contributed by atoms with Gasteiger partial charge in [-0.2, -0.15) is 0 Å². The summed E-state index contributed by atoms with van der Waals surface area (Å²) in [4.78, 5) is 38.1. The van der Waals surface area contributed by atoms with E-state index in [9.17, 15) is 9.59 Å². The minimum atomic E-state index is -0.236. The molecule has 2 aliphatic heterocycles. The summed E-state index contributed by atoms with van der Waals surface area (Å²) in [5, 5.41) is 8.23. The number of benzene rings is 1. The predicted molar refractivity (Wildman–Crippen MR) is 131 cm³/mol. The van der Waals surface area contributed by atoms with E-state index in [1.807, 2.05) is 31.2 Å². The van der Waals surface area contributed by atoms with Gasteiger partial charge >= 0.3 is 6.03 Å². The first-order chi connectivity index (χ1) is 16.5. The zero-order valence-corrected chi connectivity index (χ0v) is 20.1. The third-order valence-electron chi connectivity index (χ3n) is 6.15. The zero-order valence-electron chi connectivity index (χ0n) is 20.1. The van der Waals surface area contributed by atoms with Gasteiger partial charge in [0.15, 0.2) is 5.82 Å². The summed E-state index contributed by atoms with van der Waals surface area (Å²) in [5.74, 6) is 1.59. The highest BCUT2D eigenvalue weighted by Crippen LogP contribution is 2.31. The topological polar surface area (TPSA) is 112 Å². The lowest BCUT2D eigenvalue weighted by molar-refractivity contribution is -0.122. The highest BCUT2D eigenvalue weighted by Gasteiger charge is 2.29. The maximum Gasteiger partial charge on any atom is 0.319 e. The summed E-state index contributed by atoms with van der Waals surface area (Å²) < 4.78 is 5.65. The second-order valence-electron chi connectivity index (χ2n) is 8.61. The van der Waals surface area contributed by atoms with Crippen LogP contribution in [0.4, 0.5) is 16.3 Å². The number of nitrogens with one attached hydrogen (secondary N) is 3. The van der Waals surface area contributed by atoms with Gasteiger partial charge in [-0.3, -0.25) is 9.69 Å².